The lowest BCUT2D eigenvalue weighted by Crippen LogP contribution is -2.49. The van der Waals surface area contributed by atoms with E-state index >= 15 is 0 Å². The first-order chi connectivity index (χ1) is 14.4. The Balaban J connectivity index is 2.24. The van der Waals surface area contributed by atoms with Crippen molar-refractivity contribution in [2.45, 2.75) is 44.8 Å². The van der Waals surface area contributed by atoms with Gasteiger partial charge in [0.1, 0.15) is 6.04 Å². The number of likely N-dealkylation sites (tertiary alicyclic amines) is 1. The number of hydrogen-bond donors (Lipinski definition) is 1. The highest BCUT2D eigenvalue weighted by Gasteiger charge is 2.57. The van der Waals surface area contributed by atoms with Crippen LogP contribution in [0.2, 0.25) is 0 Å². The maximum Gasteiger partial charge on any atom is 0.311 e. The van der Waals surface area contributed by atoms with E-state index in [1.807, 2.05) is 74.5 Å². The second kappa shape index (κ2) is 9.11. The normalized spacial score (nSPS) is 23.3. The summed E-state index contributed by atoms with van der Waals surface area (Å²) in [6.07, 6.45) is 0. The summed E-state index contributed by atoms with van der Waals surface area (Å²) in [4.78, 5) is 40.8. The maximum absolute atomic E-state index is 13.3. The van der Waals surface area contributed by atoms with Crippen molar-refractivity contribution in [1.29, 1.82) is 0 Å². The number of nitrogens with one attached hydrogen (secondary N) is 1. The molecule has 4 unspecified atom stereocenters. The molecule has 0 aromatic heterocycles. The molecule has 1 N–H and O–H groups in total. The lowest BCUT2D eigenvalue weighted by molar-refractivity contribution is -0.147. The molecule has 3 rings (SSSR count). The molecule has 0 radical (unpaired) electrons. The lowest BCUT2D eigenvalue weighted by atomic mass is 9.79. The second-order valence-corrected chi connectivity index (χ2v) is 7.88. The van der Waals surface area contributed by atoms with E-state index in [1.165, 1.54) is 14.0 Å². The van der Waals surface area contributed by atoms with Crippen LogP contribution in [0.3, 0.4) is 0 Å². The minimum atomic E-state index is -0.832. The van der Waals surface area contributed by atoms with E-state index in [-0.39, 0.29) is 17.9 Å². The van der Waals surface area contributed by atoms with Crippen molar-refractivity contribution < 1.29 is 19.1 Å². The third kappa shape index (κ3) is 4.08. The second-order valence-electron chi connectivity index (χ2n) is 7.88. The van der Waals surface area contributed by atoms with Gasteiger partial charge in [0.05, 0.1) is 19.1 Å². The highest BCUT2D eigenvalue weighted by molar-refractivity contribution is 5.92. The first-order valence-corrected chi connectivity index (χ1v) is 10.1. The Kier molecular flexibility index (Phi) is 6.55. The third-order valence-corrected chi connectivity index (χ3v) is 5.53. The van der Waals surface area contributed by atoms with Gasteiger partial charge in [-0.25, -0.2) is 0 Å². The molecule has 2 amide bonds. The number of carbonyl (C=O) groups excluding carboxylic acids is 3. The van der Waals surface area contributed by atoms with Crippen LogP contribution in [-0.4, -0.2) is 41.9 Å². The summed E-state index contributed by atoms with van der Waals surface area (Å²) in [5, 5.41) is 2.93. The van der Waals surface area contributed by atoms with Crippen LogP contribution < -0.4 is 5.32 Å². The molecule has 2 aromatic carbocycles. The minimum absolute atomic E-state index is 0.102. The number of nitrogens with zero attached hydrogens (tertiary/aromatic N) is 1. The van der Waals surface area contributed by atoms with Crippen LogP contribution >= 0.6 is 0 Å². The number of methoxy groups -OCH3 is 1. The van der Waals surface area contributed by atoms with Gasteiger partial charge >= 0.3 is 5.97 Å². The van der Waals surface area contributed by atoms with Crippen molar-refractivity contribution in [2.24, 2.45) is 5.92 Å². The van der Waals surface area contributed by atoms with E-state index < -0.39 is 29.9 Å². The average Bonchev–Trinajstić information content (AvgIpc) is 3.10. The fourth-order valence-corrected chi connectivity index (χ4v) is 4.46. The molecular weight excluding hydrogens is 380 g/mol. The molecule has 2 aromatic rings. The lowest BCUT2D eigenvalue weighted by Gasteiger charge is -2.31. The van der Waals surface area contributed by atoms with Gasteiger partial charge in [-0.3, -0.25) is 14.4 Å². The molecule has 30 heavy (non-hydrogen) atoms. The van der Waals surface area contributed by atoms with E-state index in [2.05, 4.69) is 5.32 Å². The van der Waals surface area contributed by atoms with Crippen LogP contribution in [0.5, 0.6) is 0 Å². The summed E-state index contributed by atoms with van der Waals surface area (Å²) >= 11 is 0. The van der Waals surface area contributed by atoms with Crippen LogP contribution in [0.4, 0.5) is 0 Å². The van der Waals surface area contributed by atoms with E-state index in [4.69, 9.17) is 4.74 Å². The molecule has 4 atom stereocenters. The largest absolute Gasteiger partial charge is 0.469 e. The average molecular weight is 408 g/mol. The third-order valence-electron chi connectivity index (χ3n) is 5.53. The van der Waals surface area contributed by atoms with Gasteiger partial charge in [0.25, 0.3) is 0 Å². The summed E-state index contributed by atoms with van der Waals surface area (Å²) in [5.74, 6) is -2.23. The summed E-state index contributed by atoms with van der Waals surface area (Å²) < 4.78 is 5.17. The Morgan fingerprint density at radius 2 is 1.47 bits per heavy atom. The molecule has 0 saturated carbocycles. The van der Waals surface area contributed by atoms with E-state index in [0.29, 0.717) is 0 Å². The van der Waals surface area contributed by atoms with Gasteiger partial charge in [-0.05, 0) is 25.0 Å². The van der Waals surface area contributed by atoms with Crippen molar-refractivity contribution >= 4 is 17.8 Å². The van der Waals surface area contributed by atoms with Crippen LogP contribution in [-0.2, 0) is 19.1 Å². The molecule has 6 nitrogen and oxygen atoms in total. The molecule has 6 heteroatoms. The number of carbonyl (C=O) groups is 3. The van der Waals surface area contributed by atoms with Crippen LogP contribution in [0.1, 0.15) is 43.9 Å². The van der Waals surface area contributed by atoms with Crippen molar-refractivity contribution in [3.05, 3.63) is 71.8 Å². The predicted octanol–water partition coefficient (Wildman–Crippen LogP) is 3.06. The molecule has 0 spiro atoms. The van der Waals surface area contributed by atoms with Gasteiger partial charge in [-0.15, -0.1) is 0 Å². The first-order valence-electron chi connectivity index (χ1n) is 10.1. The van der Waals surface area contributed by atoms with Gasteiger partial charge in [-0.1, -0.05) is 60.7 Å². The summed E-state index contributed by atoms with van der Waals surface area (Å²) in [6, 6.07) is 17.2. The Morgan fingerprint density at radius 3 is 1.93 bits per heavy atom. The Bertz CT molecular complexity index is 898. The number of ether oxygens (including phenoxy) is 1. The zero-order valence-electron chi connectivity index (χ0n) is 17.7. The smallest absolute Gasteiger partial charge is 0.311 e. The Morgan fingerprint density at radius 1 is 0.933 bits per heavy atom. The Hall–Kier alpha value is -3.15. The van der Waals surface area contributed by atoms with Crippen molar-refractivity contribution in [3.8, 4) is 0 Å². The van der Waals surface area contributed by atoms with Crippen LogP contribution in [0.25, 0.3) is 0 Å². The SMILES string of the molecule is COC(=O)C1C(c2ccccc2)C(C(=O)NC(C)C)N(C(C)=O)C1c1ccccc1. The zero-order chi connectivity index (χ0) is 21.8. The summed E-state index contributed by atoms with van der Waals surface area (Å²) in [5.41, 5.74) is 1.62. The first kappa shape index (κ1) is 21.6. The zero-order valence-corrected chi connectivity index (χ0v) is 17.7. The van der Waals surface area contributed by atoms with E-state index in [0.717, 1.165) is 11.1 Å². The van der Waals surface area contributed by atoms with Gasteiger partial charge in [0.2, 0.25) is 11.8 Å². The molecule has 1 saturated heterocycles. The van der Waals surface area contributed by atoms with Crippen molar-refractivity contribution in [2.75, 3.05) is 7.11 Å². The molecule has 0 aliphatic carbocycles. The number of esters is 1. The fraction of sp³-hybridized carbons (Fsp3) is 0.375. The summed E-state index contributed by atoms with van der Waals surface area (Å²) in [6.45, 7) is 5.18. The molecule has 1 aliphatic rings. The fourth-order valence-electron chi connectivity index (χ4n) is 4.46. The molecule has 0 bridgehead atoms. The Labute approximate surface area is 177 Å². The molecule has 1 heterocycles. The van der Waals surface area contributed by atoms with Gasteiger partial charge in [0.15, 0.2) is 0 Å². The quantitative estimate of drug-likeness (QED) is 0.772. The molecule has 158 valence electrons. The number of hydrogen-bond acceptors (Lipinski definition) is 4. The standard InChI is InChI=1S/C24H28N2O4/c1-15(2)25-23(28)22-19(17-11-7-5-8-12-17)20(24(29)30-4)21(26(22)16(3)27)18-13-9-6-10-14-18/h5-15,19-22H,1-4H3,(H,25,28). The molecule has 1 fully saturated rings. The topological polar surface area (TPSA) is 75.7 Å². The van der Waals surface area contributed by atoms with Gasteiger partial charge < -0.3 is 15.0 Å². The van der Waals surface area contributed by atoms with E-state index in [9.17, 15) is 14.4 Å². The van der Waals surface area contributed by atoms with Crippen LogP contribution in [0, 0.1) is 5.92 Å². The monoisotopic (exact) mass is 408 g/mol. The van der Waals surface area contributed by atoms with Crippen molar-refractivity contribution in [3.63, 3.8) is 0 Å². The molecule has 1 aliphatic heterocycles. The van der Waals surface area contributed by atoms with E-state index in [1.54, 1.807) is 4.90 Å². The van der Waals surface area contributed by atoms with Crippen LogP contribution in [0.15, 0.2) is 60.7 Å². The van der Waals surface area contributed by atoms with Crippen molar-refractivity contribution in [1.82, 2.24) is 10.2 Å². The highest BCUT2D eigenvalue weighted by atomic mass is 16.5. The summed E-state index contributed by atoms with van der Waals surface area (Å²) in [7, 11) is 1.34. The number of benzene rings is 2. The minimum Gasteiger partial charge on any atom is -0.469 e. The number of rotatable bonds is 5. The maximum atomic E-state index is 13.3. The number of amides is 2. The molecular formula is C24H28N2O4. The highest BCUT2D eigenvalue weighted by Crippen LogP contribution is 2.50. The van der Waals surface area contributed by atoms with Gasteiger partial charge in [0, 0.05) is 18.9 Å². The predicted molar refractivity (Wildman–Crippen MR) is 113 cm³/mol. The van der Waals surface area contributed by atoms with Gasteiger partial charge in [-0.2, -0.15) is 0 Å².